The van der Waals surface area contributed by atoms with Gasteiger partial charge >= 0.3 is 0 Å². The summed E-state index contributed by atoms with van der Waals surface area (Å²) in [6.45, 7) is 2.10. The second-order valence-corrected chi connectivity index (χ2v) is 7.70. The summed E-state index contributed by atoms with van der Waals surface area (Å²) < 4.78 is 31.2. The lowest BCUT2D eigenvalue weighted by Crippen LogP contribution is -2.21. The van der Waals surface area contributed by atoms with Gasteiger partial charge in [0.25, 0.3) is 0 Å². The average molecular weight is 467 g/mol. The van der Waals surface area contributed by atoms with Gasteiger partial charge in [-0.25, -0.2) is 4.39 Å². The van der Waals surface area contributed by atoms with E-state index in [-0.39, 0.29) is 40.4 Å². The SMILES string of the molecule is CCOc1cc([C@H]2C(C#N)=C(N)Oc3cc(O)ccc32)cc(Cl)c1OCc1ccccc1F. The van der Waals surface area contributed by atoms with E-state index in [1.54, 1.807) is 36.4 Å². The largest absolute Gasteiger partial charge is 0.508 e. The molecule has 6 nitrogen and oxygen atoms in total. The number of nitriles is 1. The smallest absolute Gasteiger partial charge is 0.205 e. The number of hydrogen-bond acceptors (Lipinski definition) is 6. The Morgan fingerprint density at radius 1 is 1.18 bits per heavy atom. The van der Waals surface area contributed by atoms with Crippen molar-refractivity contribution in [2.24, 2.45) is 5.73 Å². The average Bonchev–Trinajstić information content (AvgIpc) is 2.78. The molecule has 0 radical (unpaired) electrons. The third-order valence-electron chi connectivity index (χ3n) is 5.20. The van der Waals surface area contributed by atoms with E-state index in [9.17, 15) is 14.8 Å². The molecular formula is C25H20ClFN2O4. The van der Waals surface area contributed by atoms with E-state index in [4.69, 9.17) is 31.5 Å². The van der Waals surface area contributed by atoms with Gasteiger partial charge in [-0.15, -0.1) is 0 Å². The fraction of sp³-hybridized carbons (Fsp3) is 0.160. The fourth-order valence-electron chi connectivity index (χ4n) is 3.71. The second kappa shape index (κ2) is 9.31. The van der Waals surface area contributed by atoms with Crippen molar-refractivity contribution in [1.82, 2.24) is 0 Å². The van der Waals surface area contributed by atoms with Crippen LogP contribution in [0.5, 0.6) is 23.0 Å². The van der Waals surface area contributed by atoms with E-state index in [0.717, 1.165) is 0 Å². The van der Waals surface area contributed by atoms with E-state index >= 15 is 0 Å². The van der Waals surface area contributed by atoms with Crippen LogP contribution in [0.25, 0.3) is 0 Å². The molecule has 0 fully saturated rings. The summed E-state index contributed by atoms with van der Waals surface area (Å²) in [5.41, 5.74) is 7.84. The van der Waals surface area contributed by atoms with Gasteiger partial charge in [0.1, 0.15) is 35.6 Å². The Morgan fingerprint density at radius 2 is 1.97 bits per heavy atom. The zero-order valence-electron chi connectivity index (χ0n) is 17.6. The van der Waals surface area contributed by atoms with Crippen molar-refractivity contribution in [3.8, 4) is 29.1 Å². The molecule has 0 spiro atoms. The normalized spacial score (nSPS) is 14.8. The summed E-state index contributed by atoms with van der Waals surface area (Å²) in [4.78, 5) is 0. The zero-order valence-corrected chi connectivity index (χ0v) is 18.4. The van der Waals surface area contributed by atoms with Gasteiger partial charge in [-0.05, 0) is 36.8 Å². The first-order valence-corrected chi connectivity index (χ1v) is 10.5. The molecule has 33 heavy (non-hydrogen) atoms. The number of halogens is 2. The van der Waals surface area contributed by atoms with Crippen LogP contribution >= 0.6 is 11.6 Å². The molecule has 1 aliphatic heterocycles. The van der Waals surface area contributed by atoms with E-state index in [0.29, 0.717) is 34.8 Å². The molecule has 0 saturated heterocycles. The highest BCUT2D eigenvalue weighted by atomic mass is 35.5. The van der Waals surface area contributed by atoms with E-state index in [2.05, 4.69) is 6.07 Å². The van der Waals surface area contributed by atoms with Crippen molar-refractivity contribution in [2.75, 3.05) is 6.61 Å². The minimum atomic E-state index is -0.600. The van der Waals surface area contributed by atoms with Gasteiger partial charge in [0.05, 0.1) is 17.5 Å². The van der Waals surface area contributed by atoms with Gasteiger partial charge < -0.3 is 25.1 Å². The Hall–Kier alpha value is -3.89. The number of phenols is 1. The van der Waals surface area contributed by atoms with Crippen LogP contribution in [0.15, 0.2) is 66.1 Å². The minimum absolute atomic E-state index is 0.00522. The maximum Gasteiger partial charge on any atom is 0.205 e. The summed E-state index contributed by atoms with van der Waals surface area (Å²) in [6, 6.07) is 16.4. The number of fused-ring (bicyclic) bond motifs is 1. The molecule has 1 heterocycles. The van der Waals surface area contributed by atoms with Gasteiger partial charge in [-0.3, -0.25) is 0 Å². The highest BCUT2D eigenvalue weighted by molar-refractivity contribution is 6.32. The van der Waals surface area contributed by atoms with Crippen LogP contribution in [0.4, 0.5) is 4.39 Å². The Bertz CT molecular complexity index is 1290. The monoisotopic (exact) mass is 466 g/mol. The number of rotatable bonds is 6. The van der Waals surface area contributed by atoms with E-state index in [1.807, 2.05) is 6.92 Å². The number of benzene rings is 3. The summed E-state index contributed by atoms with van der Waals surface area (Å²) in [5.74, 6) is -0.0927. The summed E-state index contributed by atoms with van der Waals surface area (Å²) in [5, 5.41) is 19.8. The molecule has 8 heteroatoms. The molecule has 3 aromatic carbocycles. The van der Waals surface area contributed by atoms with Crippen molar-refractivity contribution in [1.29, 1.82) is 5.26 Å². The van der Waals surface area contributed by atoms with Crippen molar-refractivity contribution in [3.05, 3.63) is 93.6 Å². The van der Waals surface area contributed by atoms with Gasteiger partial charge in [-0.2, -0.15) is 5.26 Å². The Labute approximate surface area is 195 Å². The lowest BCUT2D eigenvalue weighted by atomic mass is 9.83. The highest BCUT2D eigenvalue weighted by Gasteiger charge is 2.32. The first-order chi connectivity index (χ1) is 15.9. The molecule has 0 bridgehead atoms. The van der Waals surface area contributed by atoms with Gasteiger partial charge in [0, 0.05) is 17.2 Å². The molecular weight excluding hydrogens is 447 g/mol. The van der Waals surface area contributed by atoms with Gasteiger partial charge in [0.15, 0.2) is 11.5 Å². The van der Waals surface area contributed by atoms with Crippen molar-refractivity contribution < 1.29 is 23.7 Å². The summed E-state index contributed by atoms with van der Waals surface area (Å²) >= 11 is 6.57. The predicted molar refractivity (Wildman–Crippen MR) is 121 cm³/mol. The Morgan fingerprint density at radius 3 is 2.70 bits per heavy atom. The number of aromatic hydroxyl groups is 1. The van der Waals surface area contributed by atoms with Crippen LogP contribution in [0.1, 0.15) is 29.5 Å². The molecule has 0 amide bonds. The van der Waals surface area contributed by atoms with Gasteiger partial charge in [-0.1, -0.05) is 35.9 Å². The molecule has 168 valence electrons. The molecule has 3 N–H and O–H groups in total. The van der Waals surface area contributed by atoms with Crippen LogP contribution < -0.4 is 19.9 Å². The quantitative estimate of drug-likeness (QED) is 0.506. The number of ether oxygens (including phenoxy) is 3. The Balaban J connectivity index is 1.77. The number of nitrogens with two attached hydrogens (primary N) is 1. The topological polar surface area (TPSA) is 97.7 Å². The third-order valence-corrected chi connectivity index (χ3v) is 5.48. The van der Waals surface area contributed by atoms with Crippen LogP contribution in [0.2, 0.25) is 5.02 Å². The van der Waals surface area contributed by atoms with Crippen LogP contribution in [0.3, 0.4) is 0 Å². The summed E-state index contributed by atoms with van der Waals surface area (Å²) in [7, 11) is 0. The van der Waals surface area contributed by atoms with Gasteiger partial charge in [0.2, 0.25) is 5.88 Å². The fourth-order valence-corrected chi connectivity index (χ4v) is 3.98. The second-order valence-electron chi connectivity index (χ2n) is 7.29. The number of phenolic OH excluding ortho intramolecular Hbond substituents is 1. The molecule has 3 aromatic rings. The Kier molecular flexibility index (Phi) is 6.29. The van der Waals surface area contributed by atoms with Crippen molar-refractivity contribution in [3.63, 3.8) is 0 Å². The van der Waals surface area contributed by atoms with E-state index in [1.165, 1.54) is 18.2 Å². The molecule has 0 aliphatic carbocycles. The van der Waals surface area contributed by atoms with Crippen molar-refractivity contribution >= 4 is 11.6 Å². The maximum atomic E-state index is 14.0. The lowest BCUT2D eigenvalue weighted by molar-refractivity contribution is 0.265. The van der Waals surface area contributed by atoms with Crippen LogP contribution in [0, 0.1) is 17.1 Å². The predicted octanol–water partition coefficient (Wildman–Crippen LogP) is 5.38. The minimum Gasteiger partial charge on any atom is -0.508 e. The first-order valence-electron chi connectivity index (χ1n) is 10.2. The number of allylic oxidation sites excluding steroid dienone is 1. The van der Waals surface area contributed by atoms with E-state index < -0.39 is 5.92 Å². The summed E-state index contributed by atoms with van der Waals surface area (Å²) in [6.07, 6.45) is 0. The van der Waals surface area contributed by atoms with Crippen molar-refractivity contribution in [2.45, 2.75) is 19.4 Å². The molecule has 0 saturated carbocycles. The van der Waals surface area contributed by atoms with Crippen LogP contribution in [-0.4, -0.2) is 11.7 Å². The third kappa shape index (κ3) is 4.38. The first kappa shape index (κ1) is 22.3. The molecule has 0 aromatic heterocycles. The molecule has 0 unspecified atom stereocenters. The van der Waals surface area contributed by atoms with Crippen LogP contribution in [-0.2, 0) is 6.61 Å². The maximum absolute atomic E-state index is 14.0. The lowest BCUT2D eigenvalue weighted by Gasteiger charge is -2.27. The highest BCUT2D eigenvalue weighted by Crippen LogP contribution is 2.47. The number of nitrogens with zero attached hydrogens (tertiary/aromatic N) is 1. The molecule has 1 atom stereocenters. The molecule has 1 aliphatic rings. The zero-order chi connectivity index (χ0) is 23.5. The standard InChI is InChI=1S/C25H20ClFN2O4/c1-2-31-22-10-15(9-19(26)24(22)32-13-14-5-3-4-6-20(14)27)23-17-8-7-16(30)11-21(17)33-25(29)18(23)12-28/h3-11,23,30H,2,13,29H2,1H3/t23-/m1/s1. The molecule has 4 rings (SSSR count). The number of hydrogen-bond donors (Lipinski definition) is 2.